The Labute approximate surface area is 208 Å². The molecule has 0 fully saturated rings. The van der Waals surface area contributed by atoms with Crippen molar-refractivity contribution in [3.63, 3.8) is 0 Å². The zero-order valence-electron chi connectivity index (χ0n) is 19.8. The molecule has 8 nitrogen and oxygen atoms in total. The average molecular weight is 497 g/mol. The van der Waals surface area contributed by atoms with Crippen LogP contribution in [0.1, 0.15) is 10.4 Å². The van der Waals surface area contributed by atoms with E-state index in [4.69, 9.17) is 18.9 Å². The number of amides is 2. The Bertz CT molecular complexity index is 1140. The molecule has 0 aliphatic carbocycles. The molecule has 35 heavy (non-hydrogen) atoms. The molecule has 0 radical (unpaired) electrons. The number of benzene rings is 3. The fourth-order valence-electron chi connectivity index (χ4n) is 3.14. The van der Waals surface area contributed by atoms with Crippen LogP contribution in [0, 0.1) is 0 Å². The van der Waals surface area contributed by atoms with Crippen molar-refractivity contribution in [2.24, 2.45) is 0 Å². The van der Waals surface area contributed by atoms with Crippen LogP contribution in [0.5, 0.6) is 23.0 Å². The lowest BCUT2D eigenvalue weighted by Crippen LogP contribution is -2.28. The topological polar surface area (TPSA) is 95.1 Å². The predicted molar refractivity (Wildman–Crippen MR) is 136 cm³/mol. The van der Waals surface area contributed by atoms with Gasteiger partial charge in [-0.1, -0.05) is 12.1 Å². The van der Waals surface area contributed by atoms with Crippen LogP contribution in [-0.2, 0) is 4.79 Å². The number of anilines is 1. The normalized spacial score (nSPS) is 10.3. The van der Waals surface area contributed by atoms with Crippen LogP contribution in [0.2, 0.25) is 0 Å². The van der Waals surface area contributed by atoms with Crippen LogP contribution in [0.4, 0.5) is 5.69 Å². The number of nitrogens with one attached hydrogen (secondary N) is 2. The standard InChI is InChI=1S/C26H28N2O6S/c1-31-19-9-11-20(12-10-19)34-15-14-27-26(30)21-6-4-5-7-24(21)35-17-25(29)28-18-8-13-22(32-2)23(16-18)33-3/h4-13,16H,14-15,17H2,1-3H3,(H,27,30)(H,28,29). The van der Waals surface area contributed by atoms with Crippen molar-refractivity contribution in [3.05, 3.63) is 72.3 Å². The Morgan fingerprint density at radius 2 is 1.54 bits per heavy atom. The van der Waals surface area contributed by atoms with Gasteiger partial charge in [-0.25, -0.2) is 0 Å². The van der Waals surface area contributed by atoms with Crippen molar-refractivity contribution in [2.45, 2.75) is 4.90 Å². The first-order valence-corrected chi connectivity index (χ1v) is 11.8. The number of rotatable bonds is 12. The van der Waals surface area contributed by atoms with E-state index in [9.17, 15) is 9.59 Å². The molecule has 0 atom stereocenters. The van der Waals surface area contributed by atoms with Gasteiger partial charge in [-0.3, -0.25) is 9.59 Å². The van der Waals surface area contributed by atoms with Gasteiger partial charge in [-0.2, -0.15) is 0 Å². The molecule has 9 heteroatoms. The second kappa shape index (κ2) is 13.1. The molecule has 0 saturated heterocycles. The van der Waals surface area contributed by atoms with E-state index in [0.717, 1.165) is 5.75 Å². The smallest absolute Gasteiger partial charge is 0.252 e. The molecule has 0 heterocycles. The molecular weight excluding hydrogens is 468 g/mol. The van der Waals surface area contributed by atoms with Crippen molar-refractivity contribution < 1.29 is 28.5 Å². The first-order valence-electron chi connectivity index (χ1n) is 10.8. The second-order valence-electron chi connectivity index (χ2n) is 7.18. The molecule has 0 aromatic heterocycles. The maximum atomic E-state index is 12.7. The van der Waals surface area contributed by atoms with Gasteiger partial charge >= 0.3 is 0 Å². The summed E-state index contributed by atoms with van der Waals surface area (Å²) >= 11 is 1.29. The molecular formula is C26H28N2O6S. The summed E-state index contributed by atoms with van der Waals surface area (Å²) in [5.41, 5.74) is 1.09. The van der Waals surface area contributed by atoms with Gasteiger partial charge in [0.1, 0.15) is 18.1 Å². The largest absolute Gasteiger partial charge is 0.497 e. The first kappa shape index (κ1) is 25.8. The number of carbonyl (C=O) groups is 2. The molecule has 184 valence electrons. The van der Waals surface area contributed by atoms with E-state index in [1.54, 1.807) is 56.7 Å². The van der Waals surface area contributed by atoms with Crippen LogP contribution in [-0.4, -0.2) is 52.0 Å². The number of ether oxygens (including phenoxy) is 4. The molecule has 0 aliphatic rings. The third kappa shape index (κ3) is 7.58. The summed E-state index contributed by atoms with van der Waals surface area (Å²) in [5, 5.41) is 5.69. The van der Waals surface area contributed by atoms with Gasteiger partial charge in [0.15, 0.2) is 11.5 Å². The number of thioether (sulfide) groups is 1. The molecule has 3 aromatic rings. The number of hydrogen-bond donors (Lipinski definition) is 2. The lowest BCUT2D eigenvalue weighted by atomic mass is 10.2. The summed E-state index contributed by atoms with van der Waals surface area (Å²) < 4.78 is 21.2. The molecule has 0 aliphatic heterocycles. The highest BCUT2D eigenvalue weighted by atomic mass is 32.2. The van der Waals surface area contributed by atoms with Gasteiger partial charge in [0.25, 0.3) is 5.91 Å². The van der Waals surface area contributed by atoms with Crippen molar-refractivity contribution >= 4 is 29.3 Å². The summed E-state index contributed by atoms with van der Waals surface area (Å²) in [4.78, 5) is 25.9. The van der Waals surface area contributed by atoms with Gasteiger partial charge in [-0.05, 0) is 48.5 Å². The molecule has 3 rings (SSSR count). The summed E-state index contributed by atoms with van der Waals surface area (Å²) in [5.74, 6) is 2.25. The van der Waals surface area contributed by atoms with E-state index in [1.165, 1.54) is 18.9 Å². The fraction of sp³-hybridized carbons (Fsp3) is 0.231. The summed E-state index contributed by atoms with van der Waals surface area (Å²) in [6, 6.07) is 19.5. The zero-order valence-corrected chi connectivity index (χ0v) is 20.6. The Kier molecular flexibility index (Phi) is 9.68. The van der Waals surface area contributed by atoms with E-state index in [0.29, 0.717) is 46.5 Å². The highest BCUT2D eigenvalue weighted by Crippen LogP contribution is 2.30. The van der Waals surface area contributed by atoms with Crippen molar-refractivity contribution in [3.8, 4) is 23.0 Å². The minimum absolute atomic E-state index is 0.138. The van der Waals surface area contributed by atoms with Gasteiger partial charge < -0.3 is 29.6 Å². The van der Waals surface area contributed by atoms with Gasteiger partial charge in [0.2, 0.25) is 5.91 Å². The van der Waals surface area contributed by atoms with E-state index in [2.05, 4.69) is 10.6 Å². The van der Waals surface area contributed by atoms with Crippen LogP contribution >= 0.6 is 11.8 Å². The third-order valence-corrected chi connectivity index (χ3v) is 5.95. The minimum atomic E-state index is -0.230. The molecule has 0 saturated carbocycles. The quantitative estimate of drug-likeness (QED) is 0.286. The van der Waals surface area contributed by atoms with Crippen LogP contribution < -0.4 is 29.6 Å². The van der Waals surface area contributed by atoms with Crippen LogP contribution in [0.15, 0.2) is 71.6 Å². The maximum Gasteiger partial charge on any atom is 0.252 e. The lowest BCUT2D eigenvalue weighted by molar-refractivity contribution is -0.113. The molecule has 3 aromatic carbocycles. The van der Waals surface area contributed by atoms with Crippen LogP contribution in [0.25, 0.3) is 0 Å². The van der Waals surface area contributed by atoms with Gasteiger partial charge in [-0.15, -0.1) is 11.8 Å². The lowest BCUT2D eigenvalue weighted by Gasteiger charge is -2.12. The van der Waals surface area contributed by atoms with Crippen molar-refractivity contribution in [1.82, 2.24) is 5.32 Å². The fourth-order valence-corrected chi connectivity index (χ4v) is 3.98. The Morgan fingerprint density at radius 1 is 0.829 bits per heavy atom. The maximum absolute atomic E-state index is 12.7. The molecule has 0 spiro atoms. The Balaban J connectivity index is 1.49. The van der Waals surface area contributed by atoms with Gasteiger partial charge in [0, 0.05) is 16.6 Å². The molecule has 0 unspecified atom stereocenters. The summed E-state index contributed by atoms with van der Waals surface area (Å²) in [7, 11) is 4.69. The highest BCUT2D eigenvalue weighted by Gasteiger charge is 2.13. The van der Waals surface area contributed by atoms with Crippen LogP contribution in [0.3, 0.4) is 0 Å². The van der Waals surface area contributed by atoms with E-state index >= 15 is 0 Å². The highest BCUT2D eigenvalue weighted by molar-refractivity contribution is 8.00. The second-order valence-corrected chi connectivity index (χ2v) is 8.20. The van der Waals surface area contributed by atoms with Gasteiger partial charge in [0.05, 0.1) is 39.2 Å². The molecule has 2 amide bonds. The predicted octanol–water partition coefficient (Wildman–Crippen LogP) is 4.25. The monoisotopic (exact) mass is 496 g/mol. The summed E-state index contributed by atoms with van der Waals surface area (Å²) in [6.07, 6.45) is 0. The van der Waals surface area contributed by atoms with E-state index < -0.39 is 0 Å². The summed E-state index contributed by atoms with van der Waals surface area (Å²) in [6.45, 7) is 0.658. The van der Waals surface area contributed by atoms with E-state index in [-0.39, 0.29) is 17.6 Å². The van der Waals surface area contributed by atoms with Crippen molar-refractivity contribution in [1.29, 1.82) is 0 Å². The molecule has 0 bridgehead atoms. The SMILES string of the molecule is COc1ccc(OCCNC(=O)c2ccccc2SCC(=O)Nc2ccc(OC)c(OC)c2)cc1. The average Bonchev–Trinajstić information content (AvgIpc) is 2.90. The number of carbonyl (C=O) groups excluding carboxylic acids is 2. The Hall–Kier alpha value is -3.85. The van der Waals surface area contributed by atoms with Crippen molar-refractivity contribution in [2.75, 3.05) is 45.6 Å². The molecule has 2 N–H and O–H groups in total. The number of methoxy groups -OCH3 is 3. The Morgan fingerprint density at radius 3 is 2.26 bits per heavy atom. The minimum Gasteiger partial charge on any atom is -0.497 e. The third-order valence-electron chi connectivity index (χ3n) is 4.87. The number of hydrogen-bond acceptors (Lipinski definition) is 7. The zero-order chi connectivity index (χ0) is 25.0. The first-order chi connectivity index (χ1) is 17.0. The van der Waals surface area contributed by atoms with E-state index in [1.807, 2.05) is 24.3 Å².